The molecular weight excluding hydrogens is 282 g/mol. The number of carbonyl (C=O) groups is 1. The summed E-state index contributed by atoms with van der Waals surface area (Å²) in [6.45, 7) is 1.33. The number of anilines is 1. The number of para-hydroxylation sites is 1. The van der Waals surface area contributed by atoms with Crippen LogP contribution in [0.4, 0.5) is 5.82 Å². The number of hydrogen-bond acceptors (Lipinski definition) is 5. The average molecular weight is 297 g/mol. The van der Waals surface area contributed by atoms with E-state index in [1.54, 1.807) is 24.3 Å². The Morgan fingerprint density at radius 1 is 1.35 bits per heavy atom. The van der Waals surface area contributed by atoms with Gasteiger partial charge in [0.1, 0.15) is 0 Å². The number of fused-ring (bicyclic) bond motifs is 1. The summed E-state index contributed by atoms with van der Waals surface area (Å²) in [7, 11) is -0.883. The average Bonchev–Trinajstić information content (AvgIpc) is 2.80. The summed E-state index contributed by atoms with van der Waals surface area (Å²) < 4.78 is 31.6. The topological polar surface area (TPSA) is 92.5 Å². The third-order valence-electron chi connectivity index (χ3n) is 2.87. The van der Waals surface area contributed by atoms with Gasteiger partial charge in [-0.2, -0.15) is 0 Å². The first-order valence-electron chi connectivity index (χ1n) is 5.90. The molecule has 1 unspecified atom stereocenters. The monoisotopic (exact) mass is 297 g/mol. The predicted octanol–water partition coefficient (Wildman–Crippen LogP) is 1.05. The van der Waals surface area contributed by atoms with Crippen molar-refractivity contribution in [1.82, 2.24) is 10.1 Å². The van der Waals surface area contributed by atoms with Crippen molar-refractivity contribution < 1.29 is 17.7 Å². The molecule has 1 aromatic heterocycles. The molecular formula is C12H15N3O4S. The van der Waals surface area contributed by atoms with Crippen molar-refractivity contribution in [2.75, 3.05) is 18.8 Å². The van der Waals surface area contributed by atoms with Crippen LogP contribution in [0.1, 0.15) is 6.92 Å². The molecule has 0 bridgehead atoms. The fourth-order valence-corrected chi connectivity index (χ4v) is 2.75. The maximum absolute atomic E-state index is 12.1. The molecule has 0 aliphatic carbocycles. The van der Waals surface area contributed by atoms with Crippen LogP contribution in [0, 0.1) is 0 Å². The Balaban J connectivity index is 2.31. The molecule has 2 rings (SSSR count). The number of carbonyl (C=O) groups excluding carboxylic acids is 1. The number of benzene rings is 1. The largest absolute Gasteiger partial charge is 0.354 e. The number of hydrogen-bond donors (Lipinski definition) is 1. The van der Waals surface area contributed by atoms with Crippen molar-refractivity contribution in [2.24, 2.45) is 0 Å². The molecule has 0 aliphatic heterocycles. The summed E-state index contributed by atoms with van der Waals surface area (Å²) in [6, 6.07) is 6.85. The molecule has 0 aliphatic rings. The van der Waals surface area contributed by atoms with Crippen LogP contribution in [0.5, 0.6) is 0 Å². The third-order valence-corrected chi connectivity index (χ3v) is 4.48. The summed E-state index contributed by atoms with van der Waals surface area (Å²) >= 11 is 0. The molecule has 0 radical (unpaired) electrons. The van der Waals surface area contributed by atoms with Crippen LogP contribution >= 0.6 is 0 Å². The lowest BCUT2D eigenvalue weighted by atomic mass is 10.2. The number of aromatic nitrogens is 1. The van der Waals surface area contributed by atoms with Crippen LogP contribution in [-0.4, -0.2) is 43.7 Å². The molecule has 1 heterocycles. The van der Waals surface area contributed by atoms with Gasteiger partial charge in [0.15, 0.2) is 16.7 Å². The summed E-state index contributed by atoms with van der Waals surface area (Å²) in [6.07, 6.45) is 0. The number of nitrogens with zero attached hydrogens (tertiary/aromatic N) is 2. The van der Waals surface area contributed by atoms with Crippen LogP contribution in [0.25, 0.3) is 11.0 Å². The number of amides is 1. The van der Waals surface area contributed by atoms with Gasteiger partial charge in [-0.25, -0.2) is 8.42 Å². The Kier molecular flexibility index (Phi) is 3.67. The first-order valence-corrected chi connectivity index (χ1v) is 7.45. The van der Waals surface area contributed by atoms with Crippen LogP contribution < -0.4 is 4.72 Å². The van der Waals surface area contributed by atoms with E-state index < -0.39 is 21.2 Å². The fourth-order valence-electron chi connectivity index (χ4n) is 1.68. The van der Waals surface area contributed by atoms with Gasteiger partial charge in [0, 0.05) is 14.1 Å². The Bertz CT molecular complexity index is 736. The lowest BCUT2D eigenvalue weighted by Crippen LogP contribution is -2.39. The zero-order chi connectivity index (χ0) is 14.9. The minimum atomic E-state index is -3.88. The Labute approximate surface area is 116 Å². The number of rotatable bonds is 4. The molecule has 0 spiro atoms. The smallest absolute Gasteiger partial charge is 0.245 e. The molecule has 0 fully saturated rings. The number of nitrogens with one attached hydrogen (secondary N) is 1. The van der Waals surface area contributed by atoms with Crippen molar-refractivity contribution in [1.29, 1.82) is 0 Å². The minimum absolute atomic E-state index is 0.0824. The highest BCUT2D eigenvalue weighted by molar-refractivity contribution is 7.94. The molecule has 1 atom stereocenters. The lowest BCUT2D eigenvalue weighted by molar-refractivity contribution is -0.127. The molecule has 1 amide bonds. The maximum Gasteiger partial charge on any atom is 0.245 e. The van der Waals surface area contributed by atoms with Gasteiger partial charge in [-0.15, -0.1) is 0 Å². The summed E-state index contributed by atoms with van der Waals surface area (Å²) in [4.78, 5) is 13.0. The molecule has 0 saturated carbocycles. The second-order valence-electron chi connectivity index (χ2n) is 4.55. The van der Waals surface area contributed by atoms with E-state index in [0.29, 0.717) is 11.0 Å². The van der Waals surface area contributed by atoms with E-state index in [-0.39, 0.29) is 5.82 Å². The summed E-state index contributed by atoms with van der Waals surface area (Å²) in [5, 5.41) is 3.00. The Morgan fingerprint density at radius 2 is 2.00 bits per heavy atom. The molecule has 108 valence electrons. The highest BCUT2D eigenvalue weighted by atomic mass is 32.2. The second kappa shape index (κ2) is 5.12. The van der Waals surface area contributed by atoms with Gasteiger partial charge >= 0.3 is 0 Å². The second-order valence-corrected chi connectivity index (χ2v) is 6.55. The Hall–Kier alpha value is -2.09. The van der Waals surface area contributed by atoms with Gasteiger partial charge in [-0.05, 0) is 19.1 Å². The van der Waals surface area contributed by atoms with Crippen LogP contribution in [0.2, 0.25) is 0 Å². The third kappa shape index (κ3) is 2.60. The van der Waals surface area contributed by atoms with Crippen molar-refractivity contribution in [3.05, 3.63) is 24.3 Å². The van der Waals surface area contributed by atoms with Crippen LogP contribution in [0.3, 0.4) is 0 Å². The lowest BCUT2D eigenvalue weighted by Gasteiger charge is -2.17. The molecule has 8 heteroatoms. The van der Waals surface area contributed by atoms with Gasteiger partial charge in [0.05, 0.1) is 5.39 Å². The van der Waals surface area contributed by atoms with Crippen molar-refractivity contribution in [3.63, 3.8) is 0 Å². The van der Waals surface area contributed by atoms with E-state index in [9.17, 15) is 13.2 Å². The summed E-state index contributed by atoms with van der Waals surface area (Å²) in [5.74, 6) is -0.427. The van der Waals surface area contributed by atoms with E-state index in [0.717, 1.165) is 0 Å². The highest BCUT2D eigenvalue weighted by Crippen LogP contribution is 2.23. The first-order chi connectivity index (χ1) is 9.33. The highest BCUT2D eigenvalue weighted by Gasteiger charge is 2.30. The molecule has 0 saturated heterocycles. The van der Waals surface area contributed by atoms with E-state index >= 15 is 0 Å². The molecule has 2 aromatic rings. The molecule has 1 N–H and O–H groups in total. The van der Waals surface area contributed by atoms with Crippen LogP contribution in [0.15, 0.2) is 28.8 Å². The van der Waals surface area contributed by atoms with E-state index in [1.165, 1.54) is 25.9 Å². The SMILES string of the molecule is CC(C(=O)N(C)C)S(=O)(=O)Nc1noc2ccccc12. The van der Waals surface area contributed by atoms with Gasteiger partial charge in [-0.3, -0.25) is 9.52 Å². The quantitative estimate of drug-likeness (QED) is 0.910. The zero-order valence-corrected chi connectivity index (χ0v) is 12.1. The Morgan fingerprint density at radius 3 is 2.65 bits per heavy atom. The normalized spacial score (nSPS) is 13.2. The maximum atomic E-state index is 12.1. The summed E-state index contributed by atoms with van der Waals surface area (Å²) in [5.41, 5.74) is 0.469. The standard InChI is InChI=1S/C12H15N3O4S/c1-8(12(16)15(2)3)20(17,18)14-11-9-6-4-5-7-10(9)19-13-11/h4-8H,1-3H3,(H,13,14). The fraction of sp³-hybridized carbons (Fsp3) is 0.333. The van der Waals surface area contributed by atoms with Gasteiger partial charge in [0.25, 0.3) is 0 Å². The van der Waals surface area contributed by atoms with E-state index in [2.05, 4.69) is 9.88 Å². The molecule has 1 aromatic carbocycles. The minimum Gasteiger partial charge on any atom is -0.354 e. The van der Waals surface area contributed by atoms with Crippen LogP contribution in [-0.2, 0) is 14.8 Å². The van der Waals surface area contributed by atoms with Gasteiger partial charge in [-0.1, -0.05) is 17.3 Å². The van der Waals surface area contributed by atoms with Gasteiger partial charge < -0.3 is 9.42 Å². The number of sulfonamides is 1. The van der Waals surface area contributed by atoms with Crippen molar-refractivity contribution in [2.45, 2.75) is 12.2 Å². The van der Waals surface area contributed by atoms with Gasteiger partial charge in [0.2, 0.25) is 15.9 Å². The van der Waals surface area contributed by atoms with E-state index in [1.807, 2.05) is 0 Å². The molecule has 20 heavy (non-hydrogen) atoms. The first kappa shape index (κ1) is 14.3. The van der Waals surface area contributed by atoms with Crippen molar-refractivity contribution >= 4 is 32.7 Å². The van der Waals surface area contributed by atoms with Crippen molar-refractivity contribution in [3.8, 4) is 0 Å². The zero-order valence-electron chi connectivity index (χ0n) is 11.3. The molecule has 7 nitrogen and oxygen atoms in total. The van der Waals surface area contributed by atoms with E-state index in [4.69, 9.17) is 4.52 Å². The predicted molar refractivity (Wildman–Crippen MR) is 74.7 cm³/mol.